The lowest BCUT2D eigenvalue weighted by atomic mass is 10.4. The molecule has 0 saturated heterocycles. The van der Waals surface area contributed by atoms with Crippen molar-refractivity contribution in [3.8, 4) is 0 Å². The van der Waals surface area contributed by atoms with Crippen molar-refractivity contribution in [2.45, 2.75) is 6.61 Å². The molecular weight excluding hydrogens is 180 g/mol. The molecule has 2 rings (SSSR count). The number of fused-ring (bicyclic) bond motifs is 1. The van der Waals surface area contributed by atoms with Crippen molar-refractivity contribution in [2.24, 2.45) is 0 Å². The van der Waals surface area contributed by atoms with Crippen molar-refractivity contribution in [3.63, 3.8) is 0 Å². The van der Waals surface area contributed by atoms with Crippen LogP contribution in [0.15, 0.2) is 6.20 Å². The lowest BCUT2D eigenvalue weighted by Gasteiger charge is -1.96. The van der Waals surface area contributed by atoms with Crippen molar-refractivity contribution >= 4 is 22.8 Å². The molecule has 0 amide bonds. The molecule has 6 heteroatoms. The quantitative estimate of drug-likeness (QED) is 0.677. The van der Waals surface area contributed by atoms with Gasteiger partial charge in [0, 0.05) is 0 Å². The number of aliphatic hydroxyl groups excluding tert-OH is 1. The van der Waals surface area contributed by atoms with E-state index in [2.05, 4.69) is 20.2 Å². The van der Waals surface area contributed by atoms with Gasteiger partial charge in [-0.05, 0) is 0 Å². The third-order valence-corrected chi connectivity index (χ3v) is 1.76. The average molecular weight is 185 g/mol. The maximum Gasteiger partial charge on any atom is 0.175 e. The maximum atomic E-state index is 8.80. The molecule has 2 aromatic rings. The molecule has 2 heterocycles. The molecule has 62 valence electrons. The van der Waals surface area contributed by atoms with Gasteiger partial charge in [-0.2, -0.15) is 5.10 Å². The van der Waals surface area contributed by atoms with E-state index in [1.807, 2.05) is 0 Å². The number of aliphatic hydroxyl groups is 1. The summed E-state index contributed by atoms with van der Waals surface area (Å²) in [7, 11) is 0. The van der Waals surface area contributed by atoms with Crippen LogP contribution in [0.4, 0.5) is 0 Å². The van der Waals surface area contributed by atoms with Crippen molar-refractivity contribution in [3.05, 3.63) is 17.0 Å². The minimum Gasteiger partial charge on any atom is -0.390 e. The number of H-pyrrole nitrogens is 1. The molecular formula is C6H5ClN4O. The second kappa shape index (κ2) is 2.69. The van der Waals surface area contributed by atoms with Crippen molar-refractivity contribution in [1.82, 2.24) is 20.2 Å². The zero-order chi connectivity index (χ0) is 8.55. The van der Waals surface area contributed by atoms with Gasteiger partial charge in [0.2, 0.25) is 0 Å². The van der Waals surface area contributed by atoms with Gasteiger partial charge < -0.3 is 5.11 Å². The van der Waals surface area contributed by atoms with E-state index in [1.54, 1.807) is 0 Å². The van der Waals surface area contributed by atoms with E-state index in [1.165, 1.54) is 6.20 Å². The van der Waals surface area contributed by atoms with E-state index < -0.39 is 0 Å². The van der Waals surface area contributed by atoms with Crippen molar-refractivity contribution in [2.75, 3.05) is 0 Å². The Morgan fingerprint density at radius 2 is 2.33 bits per heavy atom. The summed E-state index contributed by atoms with van der Waals surface area (Å²) in [5.41, 5.74) is 1.49. The van der Waals surface area contributed by atoms with Crippen LogP contribution in [-0.2, 0) is 6.61 Å². The summed E-state index contributed by atoms with van der Waals surface area (Å²) in [4.78, 5) is 7.95. The van der Waals surface area contributed by atoms with E-state index in [0.29, 0.717) is 16.9 Å². The largest absolute Gasteiger partial charge is 0.390 e. The van der Waals surface area contributed by atoms with E-state index in [0.717, 1.165) is 0 Å². The molecule has 12 heavy (non-hydrogen) atoms. The standard InChI is InChI=1S/C6H5ClN4O/c7-5-4(2-12)9-3-1-8-11-6(3)10-5/h1,12H,2H2,(H,8,10,11). The molecule has 2 N–H and O–H groups in total. The van der Waals surface area contributed by atoms with E-state index in [-0.39, 0.29) is 11.8 Å². The molecule has 0 saturated carbocycles. The Kier molecular flexibility index (Phi) is 1.67. The second-order valence-corrected chi connectivity index (χ2v) is 2.58. The minimum absolute atomic E-state index is 0.203. The van der Waals surface area contributed by atoms with Crippen LogP contribution in [-0.4, -0.2) is 25.3 Å². The molecule has 0 fully saturated rings. The number of halogens is 1. The topological polar surface area (TPSA) is 74.7 Å². The van der Waals surface area contributed by atoms with Gasteiger partial charge in [-0.3, -0.25) is 5.10 Å². The van der Waals surface area contributed by atoms with Crippen LogP contribution in [0.25, 0.3) is 11.2 Å². The number of hydrogen-bond acceptors (Lipinski definition) is 4. The van der Waals surface area contributed by atoms with Crippen LogP contribution in [0, 0.1) is 0 Å². The molecule has 0 aliphatic carbocycles. The number of rotatable bonds is 1. The van der Waals surface area contributed by atoms with Crippen molar-refractivity contribution < 1.29 is 5.11 Å². The van der Waals surface area contributed by atoms with Crippen LogP contribution in [0.3, 0.4) is 0 Å². The van der Waals surface area contributed by atoms with E-state index in [9.17, 15) is 0 Å². The Morgan fingerprint density at radius 1 is 1.50 bits per heavy atom. The Hall–Kier alpha value is -1.20. The van der Waals surface area contributed by atoms with Gasteiger partial charge in [-0.1, -0.05) is 11.6 Å². The van der Waals surface area contributed by atoms with Crippen LogP contribution in [0.1, 0.15) is 5.69 Å². The summed E-state index contributed by atoms with van der Waals surface area (Å²) in [5.74, 6) is 0. The first kappa shape index (κ1) is 7.45. The third kappa shape index (κ3) is 1.03. The molecule has 2 aromatic heterocycles. The van der Waals surface area contributed by atoms with E-state index in [4.69, 9.17) is 16.7 Å². The summed E-state index contributed by atoms with van der Waals surface area (Å²) in [6.07, 6.45) is 1.53. The Balaban J connectivity index is 2.73. The smallest absolute Gasteiger partial charge is 0.175 e. The van der Waals surface area contributed by atoms with Gasteiger partial charge in [-0.15, -0.1) is 0 Å². The number of aromatic nitrogens is 4. The van der Waals surface area contributed by atoms with Gasteiger partial charge in [-0.25, -0.2) is 9.97 Å². The first-order chi connectivity index (χ1) is 5.81. The van der Waals surface area contributed by atoms with Gasteiger partial charge in [0.25, 0.3) is 0 Å². The minimum atomic E-state index is -0.215. The third-order valence-electron chi connectivity index (χ3n) is 1.45. The fourth-order valence-corrected chi connectivity index (χ4v) is 1.08. The molecule has 0 radical (unpaired) electrons. The molecule has 0 aromatic carbocycles. The highest BCUT2D eigenvalue weighted by molar-refractivity contribution is 6.30. The van der Waals surface area contributed by atoms with Crippen LogP contribution >= 0.6 is 11.6 Å². The van der Waals surface area contributed by atoms with Gasteiger partial charge in [0.15, 0.2) is 10.8 Å². The van der Waals surface area contributed by atoms with Gasteiger partial charge in [0.1, 0.15) is 11.2 Å². The molecule has 0 bridgehead atoms. The normalized spacial score (nSPS) is 10.8. The van der Waals surface area contributed by atoms with Crippen LogP contribution in [0.5, 0.6) is 0 Å². The lowest BCUT2D eigenvalue weighted by molar-refractivity contribution is 0.277. The maximum absolute atomic E-state index is 8.80. The summed E-state index contributed by atoms with van der Waals surface area (Å²) >= 11 is 5.68. The number of nitrogens with zero attached hydrogens (tertiary/aromatic N) is 3. The second-order valence-electron chi connectivity index (χ2n) is 2.22. The highest BCUT2D eigenvalue weighted by atomic mass is 35.5. The molecule has 0 atom stereocenters. The number of aromatic amines is 1. The zero-order valence-electron chi connectivity index (χ0n) is 5.95. The monoisotopic (exact) mass is 184 g/mol. The highest BCUT2D eigenvalue weighted by Gasteiger charge is 2.05. The summed E-state index contributed by atoms with van der Waals surface area (Å²) in [6, 6.07) is 0. The predicted molar refractivity (Wildman–Crippen MR) is 42.6 cm³/mol. The first-order valence-electron chi connectivity index (χ1n) is 3.27. The molecule has 0 spiro atoms. The van der Waals surface area contributed by atoms with Gasteiger partial charge >= 0.3 is 0 Å². The lowest BCUT2D eigenvalue weighted by Crippen LogP contribution is -1.93. The Bertz CT molecular complexity index is 413. The zero-order valence-corrected chi connectivity index (χ0v) is 6.71. The molecule has 0 aliphatic rings. The number of hydrogen-bond donors (Lipinski definition) is 2. The predicted octanol–water partition coefficient (Wildman–Crippen LogP) is 0.499. The highest BCUT2D eigenvalue weighted by Crippen LogP contribution is 2.14. The SMILES string of the molecule is OCc1nc2cn[nH]c2nc1Cl. The molecule has 0 aliphatic heterocycles. The molecule has 0 unspecified atom stereocenters. The first-order valence-corrected chi connectivity index (χ1v) is 3.65. The summed E-state index contributed by atoms with van der Waals surface area (Å²) < 4.78 is 0. The Labute approximate surface area is 72.4 Å². The van der Waals surface area contributed by atoms with Crippen LogP contribution in [0.2, 0.25) is 5.15 Å². The number of nitrogens with one attached hydrogen (secondary N) is 1. The van der Waals surface area contributed by atoms with E-state index >= 15 is 0 Å². The van der Waals surface area contributed by atoms with Crippen molar-refractivity contribution in [1.29, 1.82) is 0 Å². The Morgan fingerprint density at radius 3 is 3.08 bits per heavy atom. The fourth-order valence-electron chi connectivity index (χ4n) is 0.892. The summed E-state index contributed by atoms with van der Waals surface area (Å²) in [6.45, 7) is -0.215. The van der Waals surface area contributed by atoms with Crippen LogP contribution < -0.4 is 0 Å². The molecule has 5 nitrogen and oxygen atoms in total. The average Bonchev–Trinajstić information content (AvgIpc) is 2.49. The summed E-state index contributed by atoms with van der Waals surface area (Å²) in [5, 5.41) is 15.4. The fraction of sp³-hybridized carbons (Fsp3) is 0.167. The van der Waals surface area contributed by atoms with Gasteiger partial charge in [0.05, 0.1) is 12.8 Å².